The van der Waals surface area contributed by atoms with E-state index in [0.717, 1.165) is 13.1 Å². The Morgan fingerprint density at radius 3 is 2.20 bits per heavy atom. The monoisotopic (exact) mass is 386 g/mol. The van der Waals surface area contributed by atoms with Crippen LogP contribution in [0.5, 0.6) is 0 Å². The molecule has 0 aromatic heterocycles. The second-order valence-corrected chi connectivity index (χ2v) is 9.10. The van der Waals surface area contributed by atoms with Crippen LogP contribution in [0.25, 0.3) is 0 Å². The molecule has 0 aliphatic carbocycles. The molecule has 0 bridgehead atoms. The molecule has 2 aliphatic heterocycles. The van der Waals surface area contributed by atoms with Crippen molar-refractivity contribution >= 4 is 27.5 Å². The molecule has 138 valence electrons. The number of halogens is 1. The number of likely N-dealkylation sites (tertiary alicyclic amines) is 1. The van der Waals surface area contributed by atoms with Crippen molar-refractivity contribution in [2.24, 2.45) is 0 Å². The maximum atomic E-state index is 12.7. The number of benzene rings is 1. The summed E-state index contributed by atoms with van der Waals surface area (Å²) in [5, 5.41) is 0.509. The minimum Gasteiger partial charge on any atom is -0.335 e. The van der Waals surface area contributed by atoms with Crippen molar-refractivity contribution in [2.75, 3.05) is 45.8 Å². The molecule has 0 atom stereocenters. The van der Waals surface area contributed by atoms with Crippen molar-refractivity contribution in [1.82, 2.24) is 9.21 Å². The predicted octanol–water partition coefficient (Wildman–Crippen LogP) is 0.242. The van der Waals surface area contributed by atoms with Crippen molar-refractivity contribution in [3.05, 3.63) is 29.3 Å². The summed E-state index contributed by atoms with van der Waals surface area (Å²) in [6.45, 7) is 4.26. The molecule has 0 unspecified atom stereocenters. The number of piperazine rings is 1. The summed E-state index contributed by atoms with van der Waals surface area (Å²) >= 11 is 5.83. The van der Waals surface area contributed by atoms with Crippen molar-refractivity contribution in [3.8, 4) is 0 Å². The van der Waals surface area contributed by atoms with Gasteiger partial charge in [0.05, 0.1) is 18.0 Å². The summed E-state index contributed by atoms with van der Waals surface area (Å²) in [6.07, 6.45) is 3.64. The normalized spacial score (nSPS) is 20.6. The predicted molar refractivity (Wildman–Crippen MR) is 96.2 cm³/mol. The van der Waals surface area contributed by atoms with Crippen LogP contribution in [0.1, 0.15) is 19.3 Å². The summed E-state index contributed by atoms with van der Waals surface area (Å²) < 4.78 is 26.8. The molecule has 2 saturated heterocycles. The third-order valence-corrected chi connectivity index (χ3v) is 7.17. The lowest BCUT2D eigenvalue weighted by Crippen LogP contribution is -3.13. The number of hydrogen-bond acceptors (Lipinski definition) is 3. The molecule has 0 radical (unpaired) electrons. The number of sulfonamides is 1. The van der Waals surface area contributed by atoms with Crippen LogP contribution in [-0.4, -0.2) is 69.3 Å². The maximum absolute atomic E-state index is 12.7. The molecule has 1 N–H and O–H groups in total. The van der Waals surface area contributed by atoms with E-state index in [1.165, 1.54) is 40.6 Å². The summed E-state index contributed by atoms with van der Waals surface area (Å²) in [6, 6.07) is 6.20. The van der Waals surface area contributed by atoms with Gasteiger partial charge in [0, 0.05) is 31.2 Å². The summed E-state index contributed by atoms with van der Waals surface area (Å²) in [5.41, 5.74) is 0. The van der Waals surface area contributed by atoms with Gasteiger partial charge in [0.25, 0.3) is 5.91 Å². The maximum Gasteiger partial charge on any atom is 0.277 e. The topological polar surface area (TPSA) is 62.1 Å². The van der Waals surface area contributed by atoms with Crippen LogP contribution >= 0.6 is 11.6 Å². The van der Waals surface area contributed by atoms with Gasteiger partial charge in [-0.3, -0.25) is 4.79 Å². The van der Waals surface area contributed by atoms with Gasteiger partial charge in [-0.1, -0.05) is 11.6 Å². The van der Waals surface area contributed by atoms with E-state index in [2.05, 4.69) is 0 Å². The minimum absolute atomic E-state index is 0.139. The van der Waals surface area contributed by atoms with Gasteiger partial charge in [-0.15, -0.1) is 0 Å². The van der Waals surface area contributed by atoms with Gasteiger partial charge < -0.3 is 9.80 Å². The number of quaternary nitrogens is 1. The lowest BCUT2D eigenvalue weighted by Gasteiger charge is -2.34. The van der Waals surface area contributed by atoms with Gasteiger partial charge in [-0.05, 0) is 43.5 Å². The van der Waals surface area contributed by atoms with E-state index in [0.29, 0.717) is 37.7 Å². The molecule has 6 nitrogen and oxygen atoms in total. The standard InChI is InChI=1S/C17H24ClN3O3S/c18-15-4-6-16(7-5-15)25(23,24)21-12-10-20(11-13-21)17(22)14-19-8-2-1-3-9-19/h4-7H,1-3,8-14H2/p+1. The number of amides is 1. The number of hydrogen-bond donors (Lipinski definition) is 1. The summed E-state index contributed by atoms with van der Waals surface area (Å²) in [7, 11) is -3.52. The van der Waals surface area contributed by atoms with Gasteiger partial charge >= 0.3 is 0 Å². The van der Waals surface area contributed by atoms with E-state index in [1.807, 2.05) is 0 Å². The number of carbonyl (C=O) groups is 1. The molecule has 1 aromatic rings. The highest BCUT2D eigenvalue weighted by molar-refractivity contribution is 7.89. The fourth-order valence-electron chi connectivity index (χ4n) is 3.49. The lowest BCUT2D eigenvalue weighted by molar-refractivity contribution is -0.897. The molecule has 3 rings (SSSR count). The Morgan fingerprint density at radius 2 is 1.60 bits per heavy atom. The molecular weight excluding hydrogens is 362 g/mol. The van der Waals surface area contributed by atoms with Crippen molar-refractivity contribution < 1.29 is 18.1 Å². The van der Waals surface area contributed by atoms with Crippen LogP contribution in [0.2, 0.25) is 5.02 Å². The van der Waals surface area contributed by atoms with E-state index in [4.69, 9.17) is 11.6 Å². The Morgan fingerprint density at radius 1 is 1.00 bits per heavy atom. The van der Waals surface area contributed by atoms with Gasteiger partial charge in [0.2, 0.25) is 10.0 Å². The zero-order chi connectivity index (χ0) is 17.9. The first kappa shape index (κ1) is 18.6. The Hall–Kier alpha value is -1.15. The summed E-state index contributed by atoms with van der Waals surface area (Å²) in [4.78, 5) is 15.9. The Balaban J connectivity index is 1.55. The van der Waals surface area contributed by atoms with Crippen molar-refractivity contribution in [1.29, 1.82) is 0 Å². The van der Waals surface area contributed by atoms with Gasteiger partial charge in [-0.25, -0.2) is 8.42 Å². The molecule has 2 heterocycles. The highest BCUT2D eigenvalue weighted by atomic mass is 35.5. The van der Waals surface area contributed by atoms with Crippen molar-refractivity contribution in [2.45, 2.75) is 24.2 Å². The molecule has 25 heavy (non-hydrogen) atoms. The first-order chi connectivity index (χ1) is 12.0. The molecule has 2 aliphatic rings. The largest absolute Gasteiger partial charge is 0.335 e. The highest BCUT2D eigenvalue weighted by Crippen LogP contribution is 2.19. The highest BCUT2D eigenvalue weighted by Gasteiger charge is 2.31. The van der Waals surface area contributed by atoms with Crippen LogP contribution in [0.4, 0.5) is 0 Å². The Kier molecular flexibility index (Phi) is 5.99. The number of rotatable bonds is 4. The molecule has 1 aromatic carbocycles. The van der Waals surface area contributed by atoms with Gasteiger partial charge in [-0.2, -0.15) is 4.31 Å². The van der Waals surface area contributed by atoms with Crippen LogP contribution < -0.4 is 4.90 Å². The van der Waals surface area contributed by atoms with Crippen LogP contribution in [0.3, 0.4) is 0 Å². The van der Waals surface area contributed by atoms with E-state index >= 15 is 0 Å². The second-order valence-electron chi connectivity index (χ2n) is 6.73. The zero-order valence-corrected chi connectivity index (χ0v) is 15.9. The molecule has 2 fully saturated rings. The van der Waals surface area contributed by atoms with Gasteiger partial charge in [0.15, 0.2) is 6.54 Å². The van der Waals surface area contributed by atoms with E-state index in [9.17, 15) is 13.2 Å². The molecule has 1 amide bonds. The summed E-state index contributed by atoms with van der Waals surface area (Å²) in [5.74, 6) is 0.139. The number of carbonyl (C=O) groups excluding carboxylic acids is 1. The smallest absolute Gasteiger partial charge is 0.277 e. The number of nitrogens with zero attached hydrogens (tertiary/aromatic N) is 2. The lowest BCUT2D eigenvalue weighted by atomic mass is 10.1. The molecule has 8 heteroatoms. The molecule has 0 spiro atoms. The van der Waals surface area contributed by atoms with Crippen molar-refractivity contribution in [3.63, 3.8) is 0 Å². The Bertz CT molecular complexity index is 694. The fraction of sp³-hybridized carbons (Fsp3) is 0.588. The van der Waals surface area contributed by atoms with Crippen LogP contribution in [-0.2, 0) is 14.8 Å². The number of piperidine rings is 1. The van der Waals surface area contributed by atoms with Crippen LogP contribution in [0.15, 0.2) is 29.2 Å². The van der Waals surface area contributed by atoms with Gasteiger partial charge in [0.1, 0.15) is 0 Å². The SMILES string of the molecule is O=C(C[NH+]1CCCCC1)N1CCN(S(=O)(=O)c2ccc(Cl)cc2)CC1. The zero-order valence-electron chi connectivity index (χ0n) is 14.3. The van der Waals surface area contributed by atoms with Crippen LogP contribution in [0, 0.1) is 0 Å². The minimum atomic E-state index is -3.52. The Labute approximate surface area is 154 Å². The first-order valence-corrected chi connectivity index (χ1v) is 10.7. The first-order valence-electron chi connectivity index (χ1n) is 8.84. The second kappa shape index (κ2) is 8.03. The molecular formula is C17H25ClN3O3S+. The fourth-order valence-corrected chi connectivity index (χ4v) is 5.04. The number of nitrogens with one attached hydrogen (secondary N) is 1. The third kappa shape index (κ3) is 4.53. The molecule has 0 saturated carbocycles. The average Bonchev–Trinajstić information content (AvgIpc) is 2.63. The quantitative estimate of drug-likeness (QED) is 0.806. The van der Waals surface area contributed by atoms with E-state index in [-0.39, 0.29) is 10.8 Å². The van der Waals surface area contributed by atoms with E-state index < -0.39 is 10.0 Å². The third-order valence-electron chi connectivity index (χ3n) is 5.00. The van der Waals surface area contributed by atoms with E-state index in [1.54, 1.807) is 17.0 Å². The average molecular weight is 387 g/mol.